The molecule has 22 heavy (non-hydrogen) atoms. The lowest BCUT2D eigenvalue weighted by Gasteiger charge is -2.23. The molecule has 0 unspecified atom stereocenters. The minimum absolute atomic E-state index is 0.0236. The number of nitrogens with two attached hydrogens (primary N) is 1. The molecule has 0 aliphatic rings. The first-order valence-electron chi connectivity index (χ1n) is 7.91. The fraction of sp³-hybridized carbons (Fsp3) is 0.769. The first kappa shape index (κ1) is 20.7. The van der Waals surface area contributed by atoms with Gasteiger partial charge >= 0.3 is 0 Å². The molecule has 124 valence electrons. The van der Waals surface area contributed by atoms with Crippen LogP contribution in [0.5, 0.6) is 0 Å². The highest BCUT2D eigenvalue weighted by molar-refractivity contribution is 6.20. The second-order valence-electron chi connectivity index (χ2n) is 5.14. The zero-order valence-electron chi connectivity index (χ0n) is 14.1. The fourth-order valence-electron chi connectivity index (χ4n) is 2.08. The van der Waals surface area contributed by atoms with Crippen LogP contribution >= 0.6 is 0 Å². The van der Waals surface area contributed by atoms with Crippen LogP contribution in [0.2, 0.25) is 12.6 Å². The predicted molar refractivity (Wildman–Crippen MR) is 92.5 cm³/mol. The van der Waals surface area contributed by atoms with Gasteiger partial charge in [0.1, 0.15) is 21.5 Å². The van der Waals surface area contributed by atoms with Crippen molar-refractivity contribution < 1.29 is 14.4 Å². The quantitative estimate of drug-likeness (QED) is 0.294. The largest absolute Gasteiger partial charge is 0.341 e. The summed E-state index contributed by atoms with van der Waals surface area (Å²) in [7, 11) is 3.61. The number of nitrogens with one attached hydrogen (secondary N) is 1. The lowest BCUT2D eigenvalue weighted by molar-refractivity contribution is -0.132. The van der Waals surface area contributed by atoms with Crippen LogP contribution in [0, 0.1) is 0 Å². The number of ketones is 1. The van der Waals surface area contributed by atoms with Crippen molar-refractivity contribution in [1.29, 1.82) is 0 Å². The van der Waals surface area contributed by atoms with Crippen LogP contribution in [0.3, 0.4) is 0 Å². The van der Waals surface area contributed by atoms with Crippen LogP contribution in [0.1, 0.15) is 6.92 Å². The lowest BCUT2D eigenvalue weighted by atomic mass is 10.0. The summed E-state index contributed by atoms with van der Waals surface area (Å²) in [5.74, 6) is 0.0407. The first-order valence-corrected chi connectivity index (χ1v) is 7.91. The molecule has 0 aliphatic carbocycles. The van der Waals surface area contributed by atoms with E-state index >= 15 is 0 Å². The van der Waals surface area contributed by atoms with E-state index in [0.29, 0.717) is 51.9 Å². The van der Waals surface area contributed by atoms with Crippen LogP contribution in [0.15, 0.2) is 0 Å². The molecule has 2 amide bonds. The SMILES string of the molecule is BCC(=O)N(CCN)CCNCCN(CC(C)=O)C(=O)CB. The van der Waals surface area contributed by atoms with E-state index in [1.165, 1.54) is 6.92 Å². The van der Waals surface area contributed by atoms with Gasteiger partial charge in [-0.3, -0.25) is 14.4 Å². The van der Waals surface area contributed by atoms with Gasteiger partial charge in [-0.05, 0) is 19.6 Å². The number of nitrogens with zero attached hydrogens (tertiary/aromatic N) is 2. The Balaban J connectivity index is 4.08. The second kappa shape index (κ2) is 12.2. The lowest BCUT2D eigenvalue weighted by Crippen LogP contribution is -2.42. The van der Waals surface area contributed by atoms with Gasteiger partial charge in [-0.15, -0.1) is 0 Å². The maximum absolute atomic E-state index is 11.7. The van der Waals surface area contributed by atoms with E-state index in [-0.39, 0.29) is 24.1 Å². The molecular formula is C13H28B2N4O3. The third kappa shape index (κ3) is 8.84. The molecule has 0 atom stereocenters. The van der Waals surface area contributed by atoms with Gasteiger partial charge in [-0.1, -0.05) is 0 Å². The summed E-state index contributed by atoms with van der Waals surface area (Å²) >= 11 is 0. The molecule has 0 aliphatic heterocycles. The Bertz CT molecular complexity index is 369. The molecular weight excluding hydrogens is 282 g/mol. The van der Waals surface area contributed by atoms with E-state index in [0.717, 1.165) is 0 Å². The van der Waals surface area contributed by atoms with Crippen LogP contribution in [0.4, 0.5) is 0 Å². The van der Waals surface area contributed by atoms with Gasteiger partial charge in [0.2, 0.25) is 11.8 Å². The van der Waals surface area contributed by atoms with Crippen molar-refractivity contribution in [3.8, 4) is 0 Å². The highest BCUT2D eigenvalue weighted by atomic mass is 16.2. The van der Waals surface area contributed by atoms with Crippen LogP contribution in [-0.4, -0.2) is 88.9 Å². The van der Waals surface area contributed by atoms with Crippen molar-refractivity contribution in [3.63, 3.8) is 0 Å². The van der Waals surface area contributed by atoms with E-state index in [9.17, 15) is 14.4 Å². The average molecular weight is 310 g/mol. The number of carbonyl (C=O) groups excluding carboxylic acids is 3. The third-order valence-electron chi connectivity index (χ3n) is 3.24. The van der Waals surface area contributed by atoms with Crippen molar-refractivity contribution in [2.45, 2.75) is 19.6 Å². The molecule has 0 saturated heterocycles. The summed E-state index contributed by atoms with van der Waals surface area (Å²) in [5.41, 5.74) is 5.50. The van der Waals surface area contributed by atoms with Crippen molar-refractivity contribution >= 4 is 33.3 Å². The Kier molecular flexibility index (Phi) is 11.5. The topological polar surface area (TPSA) is 95.7 Å². The van der Waals surface area contributed by atoms with Crippen molar-refractivity contribution in [3.05, 3.63) is 0 Å². The fourth-order valence-corrected chi connectivity index (χ4v) is 2.08. The number of rotatable bonds is 12. The van der Waals surface area contributed by atoms with Gasteiger partial charge in [0.15, 0.2) is 0 Å². The highest BCUT2D eigenvalue weighted by Gasteiger charge is 2.13. The Morgan fingerprint density at radius 2 is 1.45 bits per heavy atom. The molecule has 9 heteroatoms. The Morgan fingerprint density at radius 1 is 0.955 bits per heavy atom. The number of hydrogen-bond acceptors (Lipinski definition) is 5. The molecule has 0 bridgehead atoms. The summed E-state index contributed by atoms with van der Waals surface area (Å²) in [6.07, 6.45) is 0.861. The minimum Gasteiger partial charge on any atom is -0.341 e. The Hall–Kier alpha value is -1.34. The molecule has 0 heterocycles. The number of hydrogen-bond donors (Lipinski definition) is 2. The summed E-state index contributed by atoms with van der Waals surface area (Å²) < 4.78 is 0. The van der Waals surface area contributed by atoms with Gasteiger partial charge in [0, 0.05) is 39.3 Å². The van der Waals surface area contributed by atoms with E-state index in [4.69, 9.17) is 5.73 Å². The van der Waals surface area contributed by atoms with Crippen LogP contribution in [0.25, 0.3) is 0 Å². The molecule has 0 fully saturated rings. The normalized spacial score (nSPS) is 10.3. The first-order chi connectivity index (χ1) is 10.5. The number of amides is 2. The molecule has 0 aromatic carbocycles. The maximum atomic E-state index is 11.7. The van der Waals surface area contributed by atoms with Crippen LogP contribution in [-0.2, 0) is 14.4 Å². The predicted octanol–water partition coefficient (Wildman–Crippen LogP) is -3.12. The summed E-state index contributed by atoms with van der Waals surface area (Å²) in [6.45, 7) is 4.95. The summed E-state index contributed by atoms with van der Waals surface area (Å²) in [6, 6.07) is 0. The molecule has 0 saturated carbocycles. The Labute approximate surface area is 134 Å². The molecule has 3 N–H and O–H groups in total. The Morgan fingerprint density at radius 3 is 1.91 bits per heavy atom. The van der Waals surface area contributed by atoms with E-state index < -0.39 is 0 Å². The molecule has 0 rings (SSSR count). The molecule has 0 spiro atoms. The third-order valence-corrected chi connectivity index (χ3v) is 3.24. The monoisotopic (exact) mass is 310 g/mol. The maximum Gasteiger partial charge on any atom is 0.215 e. The molecule has 7 nitrogen and oxygen atoms in total. The van der Waals surface area contributed by atoms with Gasteiger partial charge in [0.25, 0.3) is 0 Å². The van der Waals surface area contributed by atoms with E-state index in [1.807, 2.05) is 7.85 Å². The summed E-state index contributed by atoms with van der Waals surface area (Å²) in [5, 5.41) is 3.20. The van der Waals surface area contributed by atoms with Crippen molar-refractivity contribution in [1.82, 2.24) is 15.1 Å². The van der Waals surface area contributed by atoms with Crippen LogP contribution < -0.4 is 11.1 Å². The zero-order valence-corrected chi connectivity index (χ0v) is 14.1. The molecule has 0 aromatic heterocycles. The zero-order chi connectivity index (χ0) is 17.0. The smallest absolute Gasteiger partial charge is 0.215 e. The molecule has 0 aromatic rings. The standard InChI is InChI=1S/C13H28B2N4O3/c1-11(20)10-19(13(22)9-15)7-4-17-3-6-18(5-2-16)12(21)8-14/h17H,2-10,14-16H2,1H3. The van der Waals surface area contributed by atoms with Gasteiger partial charge in [0.05, 0.1) is 6.54 Å². The van der Waals surface area contributed by atoms with E-state index in [2.05, 4.69) is 5.32 Å². The van der Waals surface area contributed by atoms with Gasteiger partial charge in [-0.25, -0.2) is 0 Å². The van der Waals surface area contributed by atoms with Crippen molar-refractivity contribution in [2.24, 2.45) is 5.73 Å². The highest BCUT2D eigenvalue weighted by Crippen LogP contribution is 1.94. The number of carbonyl (C=O) groups is 3. The average Bonchev–Trinajstić information content (AvgIpc) is 2.50. The minimum atomic E-state index is -0.0251. The van der Waals surface area contributed by atoms with Gasteiger partial charge < -0.3 is 20.9 Å². The van der Waals surface area contributed by atoms with E-state index in [1.54, 1.807) is 17.6 Å². The second-order valence-corrected chi connectivity index (χ2v) is 5.14. The van der Waals surface area contributed by atoms with Crippen molar-refractivity contribution in [2.75, 3.05) is 45.8 Å². The summed E-state index contributed by atoms with van der Waals surface area (Å²) in [4.78, 5) is 37.8. The number of Topliss-reactive ketones (excluding diaryl/α,β-unsaturated/α-hetero) is 1. The molecule has 0 radical (unpaired) electrons. The van der Waals surface area contributed by atoms with Gasteiger partial charge in [-0.2, -0.15) is 0 Å².